The molecule has 8 heteroatoms. The molecule has 0 spiro atoms. The molecule has 0 fully saturated rings. The summed E-state index contributed by atoms with van der Waals surface area (Å²) in [6.45, 7) is 3.53. The zero-order valence-electron chi connectivity index (χ0n) is 13.4. The third-order valence-corrected chi connectivity index (χ3v) is 2.98. The van der Waals surface area contributed by atoms with E-state index in [0.29, 0.717) is 11.4 Å². The number of nitrogens with one attached hydrogen (secondary N) is 1. The van der Waals surface area contributed by atoms with Gasteiger partial charge in [-0.25, -0.2) is 0 Å². The van der Waals surface area contributed by atoms with Crippen LogP contribution in [0.2, 0.25) is 0 Å². The standard InChI is InChI=1S/C11H6F2N.C6H9N3O.Pt/c12-8-4-5-9(10(13)7-8)11-3-1-2-6-14-11;1-4-3-5(2)9(8-4)6(7)10;/h1-4,6-7H;3H,1-2H3,(H2,7,10);/q-1;;+2/p-1. The first-order valence-corrected chi connectivity index (χ1v) is 6.96. The Morgan fingerprint density at radius 2 is 1.96 bits per heavy atom. The second-order valence-corrected chi connectivity index (χ2v) is 4.90. The minimum Gasteiger partial charge on any atom is -0.446 e. The molecule has 0 aliphatic rings. The van der Waals surface area contributed by atoms with Gasteiger partial charge in [0.2, 0.25) is 0 Å². The van der Waals surface area contributed by atoms with E-state index in [4.69, 9.17) is 5.73 Å². The normalized spacial score (nSPS) is 9.60. The van der Waals surface area contributed by atoms with E-state index >= 15 is 0 Å². The summed E-state index contributed by atoms with van der Waals surface area (Å²) in [6, 6.07) is 10.5. The topological polar surface area (TPSA) is 71.6 Å². The van der Waals surface area contributed by atoms with Crippen LogP contribution < -0.4 is 0 Å². The van der Waals surface area contributed by atoms with Crippen molar-refractivity contribution in [1.29, 1.82) is 0 Å². The third kappa shape index (κ3) is 5.57. The summed E-state index contributed by atoms with van der Waals surface area (Å²) >= 11 is 0. The minimum absolute atomic E-state index is 0. The molecule has 1 amide bonds. The predicted molar refractivity (Wildman–Crippen MR) is 85.2 cm³/mol. The van der Waals surface area contributed by atoms with Crippen molar-refractivity contribution in [3.05, 3.63) is 77.4 Å². The fraction of sp³-hybridized carbons (Fsp3) is 0.118. The van der Waals surface area contributed by atoms with E-state index < -0.39 is 17.7 Å². The van der Waals surface area contributed by atoms with Crippen molar-refractivity contribution in [1.82, 2.24) is 14.8 Å². The number of hydrogen-bond donors (Lipinski definition) is 0. The molecule has 1 N–H and O–H groups in total. The van der Waals surface area contributed by atoms with Crippen molar-refractivity contribution in [3.8, 4) is 11.3 Å². The SMILES string of the molecule is Cc1cc(C)n(C([NH-])=O)n1.Fc1c[c-]c(-c2ccccn2)c(F)c1.[Pt+2]. The third-order valence-electron chi connectivity index (χ3n) is 2.98. The van der Waals surface area contributed by atoms with Gasteiger partial charge in [-0.2, -0.15) is 0 Å². The monoisotopic (exact) mass is 523 g/mol. The number of halogens is 2. The van der Waals surface area contributed by atoms with Crippen LogP contribution in [0.3, 0.4) is 0 Å². The Bertz CT molecular complexity index is 853. The van der Waals surface area contributed by atoms with Crippen LogP contribution in [0.1, 0.15) is 11.4 Å². The number of benzene rings is 1. The molecule has 25 heavy (non-hydrogen) atoms. The Balaban J connectivity index is 0.000000254. The molecule has 1 aromatic carbocycles. The number of pyridine rings is 1. The van der Waals surface area contributed by atoms with Crippen LogP contribution in [-0.4, -0.2) is 20.8 Å². The van der Waals surface area contributed by atoms with Gasteiger partial charge in [0, 0.05) is 23.5 Å². The Morgan fingerprint density at radius 3 is 2.40 bits per heavy atom. The second-order valence-electron chi connectivity index (χ2n) is 4.90. The van der Waals surface area contributed by atoms with E-state index in [1.54, 1.807) is 44.3 Å². The first-order valence-electron chi connectivity index (χ1n) is 6.96. The van der Waals surface area contributed by atoms with Gasteiger partial charge >= 0.3 is 21.1 Å². The molecule has 0 bridgehead atoms. The van der Waals surface area contributed by atoms with Gasteiger partial charge < -0.3 is 15.4 Å². The van der Waals surface area contributed by atoms with E-state index in [2.05, 4.69) is 16.1 Å². The minimum atomic E-state index is -0.786. The summed E-state index contributed by atoms with van der Waals surface area (Å²) in [5.41, 5.74) is 8.84. The number of hydrogen-bond acceptors (Lipinski definition) is 3. The average molecular weight is 523 g/mol. The molecule has 3 aromatic rings. The van der Waals surface area contributed by atoms with Gasteiger partial charge in [-0.05, 0) is 37.4 Å². The zero-order valence-corrected chi connectivity index (χ0v) is 15.6. The Labute approximate surface area is 158 Å². The number of carbonyl (C=O) groups excluding carboxylic acids is 1. The van der Waals surface area contributed by atoms with Gasteiger partial charge in [0.15, 0.2) is 6.03 Å². The Kier molecular flexibility index (Phi) is 7.58. The molecule has 0 saturated carbocycles. The van der Waals surface area contributed by atoms with Crippen molar-refractivity contribution in [2.75, 3.05) is 0 Å². The van der Waals surface area contributed by atoms with Crippen LogP contribution in [0.4, 0.5) is 13.6 Å². The number of aryl methyl sites for hydroxylation is 2. The molecule has 0 saturated heterocycles. The number of aromatic nitrogens is 3. The quantitative estimate of drug-likeness (QED) is 0.446. The Hall–Kier alpha value is -2.40. The fourth-order valence-electron chi connectivity index (χ4n) is 1.99. The van der Waals surface area contributed by atoms with Gasteiger partial charge in [-0.3, -0.25) is 18.7 Å². The molecule has 2 heterocycles. The molecular formula is C17H14F2N4OPt. The van der Waals surface area contributed by atoms with Crippen LogP contribution >= 0.6 is 0 Å². The number of carbonyl (C=O) groups is 1. The molecular weight excluding hydrogens is 509 g/mol. The summed E-state index contributed by atoms with van der Waals surface area (Å²) in [6.07, 6.45) is 1.55. The molecule has 132 valence electrons. The van der Waals surface area contributed by atoms with Crippen LogP contribution in [0.25, 0.3) is 17.0 Å². The maximum Gasteiger partial charge on any atom is 2.00 e. The maximum absolute atomic E-state index is 13.2. The van der Waals surface area contributed by atoms with Gasteiger partial charge in [0.05, 0.1) is 0 Å². The van der Waals surface area contributed by atoms with Crippen LogP contribution in [-0.2, 0) is 21.1 Å². The maximum atomic E-state index is 13.2. The summed E-state index contributed by atoms with van der Waals surface area (Å²) in [5, 5.41) is 3.79. The summed E-state index contributed by atoms with van der Waals surface area (Å²) in [4.78, 5) is 14.4. The van der Waals surface area contributed by atoms with E-state index in [-0.39, 0.29) is 26.6 Å². The van der Waals surface area contributed by atoms with Crippen LogP contribution in [0.5, 0.6) is 0 Å². The van der Waals surface area contributed by atoms with E-state index in [0.717, 1.165) is 22.5 Å². The van der Waals surface area contributed by atoms with E-state index in [9.17, 15) is 13.6 Å². The summed E-state index contributed by atoms with van der Waals surface area (Å²) < 4.78 is 26.9. The summed E-state index contributed by atoms with van der Waals surface area (Å²) in [7, 11) is 0. The van der Waals surface area contributed by atoms with Crippen LogP contribution in [0, 0.1) is 31.5 Å². The number of rotatable bonds is 1. The van der Waals surface area contributed by atoms with Gasteiger partial charge in [0.25, 0.3) is 0 Å². The van der Waals surface area contributed by atoms with Crippen molar-refractivity contribution >= 4 is 6.03 Å². The van der Waals surface area contributed by atoms with Gasteiger partial charge in [0.1, 0.15) is 0 Å². The van der Waals surface area contributed by atoms with Gasteiger partial charge in [-0.1, -0.05) is 23.8 Å². The van der Waals surface area contributed by atoms with Crippen LogP contribution in [0.15, 0.2) is 42.6 Å². The molecule has 3 rings (SSSR count). The first-order chi connectivity index (χ1) is 11.4. The van der Waals surface area contributed by atoms with Crippen molar-refractivity contribution < 1.29 is 34.6 Å². The van der Waals surface area contributed by atoms with E-state index in [1.165, 1.54) is 0 Å². The fourth-order valence-corrected chi connectivity index (χ4v) is 1.99. The first kappa shape index (κ1) is 20.6. The predicted octanol–water partition coefficient (Wildman–Crippen LogP) is 4.34. The smallest absolute Gasteiger partial charge is 0.446 e. The summed E-state index contributed by atoms with van der Waals surface area (Å²) in [5.74, 6) is -1.29. The molecule has 0 unspecified atom stereocenters. The van der Waals surface area contributed by atoms with Crippen molar-refractivity contribution in [2.45, 2.75) is 13.8 Å². The molecule has 0 atom stereocenters. The average Bonchev–Trinajstić information content (AvgIpc) is 2.88. The number of amides is 1. The molecule has 5 nitrogen and oxygen atoms in total. The molecule has 0 radical (unpaired) electrons. The van der Waals surface area contributed by atoms with Crippen molar-refractivity contribution in [3.63, 3.8) is 0 Å². The molecule has 0 aliphatic heterocycles. The zero-order chi connectivity index (χ0) is 17.7. The number of nitrogens with zero attached hydrogens (tertiary/aromatic N) is 3. The molecule has 2 aromatic heterocycles. The van der Waals surface area contributed by atoms with Crippen molar-refractivity contribution in [2.24, 2.45) is 0 Å². The second kappa shape index (κ2) is 9.18. The van der Waals surface area contributed by atoms with Gasteiger partial charge in [-0.15, -0.1) is 12.1 Å². The van der Waals surface area contributed by atoms with E-state index in [1.807, 2.05) is 0 Å². The molecule has 0 aliphatic carbocycles. The largest absolute Gasteiger partial charge is 2.00 e. The Morgan fingerprint density at radius 1 is 1.24 bits per heavy atom.